The number of aromatic nitrogens is 2. The van der Waals surface area contributed by atoms with Crippen molar-refractivity contribution in [3.63, 3.8) is 0 Å². The van der Waals surface area contributed by atoms with Gasteiger partial charge in [-0.25, -0.2) is 9.97 Å². The van der Waals surface area contributed by atoms with E-state index in [1.807, 2.05) is 6.20 Å². The summed E-state index contributed by atoms with van der Waals surface area (Å²) in [7, 11) is 0. The number of hydrogen-bond acceptors (Lipinski definition) is 3. The van der Waals surface area contributed by atoms with E-state index in [0.717, 1.165) is 9.39 Å². The first kappa shape index (κ1) is 11.7. The summed E-state index contributed by atoms with van der Waals surface area (Å²) in [5.74, 6) is 0.948. The first-order valence-corrected chi connectivity index (χ1v) is 6.04. The lowest BCUT2D eigenvalue weighted by atomic mass is 10.1. The highest BCUT2D eigenvalue weighted by Gasteiger charge is 2.04. The van der Waals surface area contributed by atoms with Gasteiger partial charge >= 0.3 is 0 Å². The minimum Gasteiger partial charge on any atom is -0.367 e. The van der Waals surface area contributed by atoms with Gasteiger partial charge in [0.25, 0.3) is 0 Å². The molecule has 78 valence electrons. The Morgan fingerprint density at radius 2 is 2.36 bits per heavy atom. The molecular formula is C10H16IN3. The van der Waals surface area contributed by atoms with Gasteiger partial charge in [0.2, 0.25) is 0 Å². The van der Waals surface area contributed by atoms with Crippen molar-refractivity contribution in [3.8, 4) is 0 Å². The first-order chi connectivity index (χ1) is 6.74. The van der Waals surface area contributed by atoms with Crippen LogP contribution in [0.3, 0.4) is 0 Å². The van der Waals surface area contributed by atoms with Gasteiger partial charge in [-0.2, -0.15) is 0 Å². The smallest absolute Gasteiger partial charge is 0.143 e. The molecule has 0 bridgehead atoms. The quantitative estimate of drug-likeness (QED) is 0.850. The van der Waals surface area contributed by atoms with Gasteiger partial charge in [0, 0.05) is 12.2 Å². The lowest BCUT2D eigenvalue weighted by Crippen LogP contribution is -2.16. The molecule has 0 amide bonds. The molecule has 0 aliphatic carbocycles. The van der Waals surface area contributed by atoms with Crippen LogP contribution in [-0.2, 0) is 0 Å². The number of anilines is 1. The van der Waals surface area contributed by atoms with Crippen molar-refractivity contribution in [2.24, 2.45) is 0 Å². The molecule has 1 heterocycles. The second-order valence-electron chi connectivity index (χ2n) is 3.41. The van der Waals surface area contributed by atoms with Gasteiger partial charge in [-0.05, 0) is 35.9 Å². The number of nitrogens with one attached hydrogen (secondary N) is 1. The third-order valence-corrected chi connectivity index (χ3v) is 2.83. The molecule has 0 spiro atoms. The third-order valence-electron chi connectivity index (χ3n) is 2.04. The number of nitrogens with zero attached hydrogens (tertiary/aromatic N) is 2. The fraction of sp³-hybridized carbons (Fsp3) is 0.600. The molecule has 1 unspecified atom stereocenters. The lowest BCUT2D eigenvalue weighted by molar-refractivity contribution is 0.642. The topological polar surface area (TPSA) is 37.8 Å². The van der Waals surface area contributed by atoms with Crippen LogP contribution in [0.4, 0.5) is 5.82 Å². The molecule has 4 heteroatoms. The van der Waals surface area contributed by atoms with Crippen molar-refractivity contribution in [2.75, 3.05) is 5.32 Å². The molecule has 0 aliphatic rings. The summed E-state index contributed by atoms with van der Waals surface area (Å²) in [6, 6.07) is 0.485. The van der Waals surface area contributed by atoms with Crippen molar-refractivity contribution < 1.29 is 0 Å². The molecule has 1 aromatic rings. The van der Waals surface area contributed by atoms with E-state index in [2.05, 4.69) is 51.7 Å². The van der Waals surface area contributed by atoms with Crippen LogP contribution in [0, 0.1) is 3.57 Å². The van der Waals surface area contributed by atoms with Gasteiger partial charge in [0.15, 0.2) is 0 Å². The average Bonchev–Trinajstić information content (AvgIpc) is 2.18. The summed E-state index contributed by atoms with van der Waals surface area (Å²) in [5, 5.41) is 3.39. The summed E-state index contributed by atoms with van der Waals surface area (Å²) in [4.78, 5) is 8.15. The second kappa shape index (κ2) is 6.16. The van der Waals surface area contributed by atoms with Crippen LogP contribution in [-0.4, -0.2) is 16.0 Å². The molecular weight excluding hydrogens is 289 g/mol. The van der Waals surface area contributed by atoms with Gasteiger partial charge < -0.3 is 5.32 Å². The summed E-state index contributed by atoms with van der Waals surface area (Å²) >= 11 is 2.24. The van der Waals surface area contributed by atoms with E-state index < -0.39 is 0 Å². The van der Waals surface area contributed by atoms with Crippen molar-refractivity contribution in [3.05, 3.63) is 16.1 Å². The van der Waals surface area contributed by atoms with Crippen LogP contribution < -0.4 is 5.32 Å². The maximum Gasteiger partial charge on any atom is 0.143 e. The Balaban J connectivity index is 2.47. The highest BCUT2D eigenvalue weighted by molar-refractivity contribution is 14.1. The molecule has 1 atom stereocenters. The van der Waals surface area contributed by atoms with Crippen LogP contribution in [0.15, 0.2) is 12.5 Å². The Hall–Kier alpha value is -0.390. The van der Waals surface area contributed by atoms with Crippen molar-refractivity contribution >= 4 is 28.4 Å². The Morgan fingerprint density at radius 1 is 1.57 bits per heavy atom. The van der Waals surface area contributed by atoms with Crippen LogP contribution in [0.1, 0.15) is 33.1 Å². The number of hydrogen-bond donors (Lipinski definition) is 1. The van der Waals surface area contributed by atoms with Crippen LogP contribution in [0.2, 0.25) is 0 Å². The average molecular weight is 305 g/mol. The Kier molecular flexibility index (Phi) is 5.14. The monoisotopic (exact) mass is 305 g/mol. The van der Waals surface area contributed by atoms with Gasteiger partial charge in [-0.15, -0.1) is 0 Å². The molecule has 0 saturated carbocycles. The zero-order chi connectivity index (χ0) is 10.4. The van der Waals surface area contributed by atoms with Crippen molar-refractivity contribution in [1.29, 1.82) is 0 Å². The van der Waals surface area contributed by atoms with Crippen molar-refractivity contribution in [1.82, 2.24) is 9.97 Å². The summed E-state index contributed by atoms with van der Waals surface area (Å²) in [6.07, 6.45) is 7.10. The van der Waals surface area contributed by atoms with Gasteiger partial charge in [0.05, 0.1) is 3.57 Å². The zero-order valence-corrected chi connectivity index (χ0v) is 10.8. The van der Waals surface area contributed by atoms with Crippen molar-refractivity contribution in [2.45, 2.75) is 39.2 Å². The zero-order valence-electron chi connectivity index (χ0n) is 8.63. The summed E-state index contributed by atoms with van der Waals surface area (Å²) in [6.45, 7) is 4.40. The summed E-state index contributed by atoms with van der Waals surface area (Å²) < 4.78 is 1.08. The van der Waals surface area contributed by atoms with E-state index in [0.29, 0.717) is 6.04 Å². The van der Waals surface area contributed by atoms with E-state index in [9.17, 15) is 0 Å². The predicted molar refractivity (Wildman–Crippen MR) is 67.4 cm³/mol. The normalized spacial score (nSPS) is 12.5. The Bertz CT molecular complexity index is 278. The van der Waals surface area contributed by atoms with E-state index in [1.165, 1.54) is 19.3 Å². The minimum atomic E-state index is 0.485. The van der Waals surface area contributed by atoms with Crippen LogP contribution in [0.25, 0.3) is 0 Å². The predicted octanol–water partition coefficient (Wildman–Crippen LogP) is 3.07. The fourth-order valence-electron chi connectivity index (χ4n) is 1.23. The molecule has 1 rings (SSSR count). The Labute approximate surface area is 98.9 Å². The van der Waals surface area contributed by atoms with Crippen LogP contribution >= 0.6 is 22.6 Å². The molecule has 0 aliphatic heterocycles. The molecule has 3 nitrogen and oxygen atoms in total. The van der Waals surface area contributed by atoms with Gasteiger partial charge in [-0.3, -0.25) is 0 Å². The Morgan fingerprint density at radius 3 is 3.00 bits per heavy atom. The summed E-state index contributed by atoms with van der Waals surface area (Å²) in [5.41, 5.74) is 0. The SMILES string of the molecule is CCCCC(C)Nc1ncncc1I. The highest BCUT2D eigenvalue weighted by atomic mass is 127. The number of halogens is 1. The lowest BCUT2D eigenvalue weighted by Gasteiger charge is -2.14. The number of rotatable bonds is 5. The molecule has 14 heavy (non-hydrogen) atoms. The van der Waals surface area contributed by atoms with E-state index in [4.69, 9.17) is 0 Å². The van der Waals surface area contributed by atoms with E-state index in [-0.39, 0.29) is 0 Å². The standard InChI is InChI=1S/C10H16IN3/c1-3-4-5-8(2)14-10-9(11)6-12-7-13-10/h6-8H,3-5H2,1-2H3,(H,12,13,14). The third kappa shape index (κ3) is 3.77. The van der Waals surface area contributed by atoms with Gasteiger partial charge in [-0.1, -0.05) is 19.8 Å². The minimum absolute atomic E-state index is 0.485. The molecule has 1 aromatic heterocycles. The molecule has 0 fully saturated rings. The maximum atomic E-state index is 4.20. The van der Waals surface area contributed by atoms with E-state index in [1.54, 1.807) is 6.33 Å². The molecule has 0 radical (unpaired) electrons. The fourth-order valence-corrected chi connectivity index (χ4v) is 1.69. The highest BCUT2D eigenvalue weighted by Crippen LogP contribution is 2.14. The first-order valence-electron chi connectivity index (χ1n) is 4.96. The second-order valence-corrected chi connectivity index (χ2v) is 4.57. The maximum absolute atomic E-state index is 4.20. The van der Waals surface area contributed by atoms with Crippen LogP contribution in [0.5, 0.6) is 0 Å². The van der Waals surface area contributed by atoms with E-state index >= 15 is 0 Å². The molecule has 0 aromatic carbocycles. The largest absolute Gasteiger partial charge is 0.367 e. The van der Waals surface area contributed by atoms with Gasteiger partial charge in [0.1, 0.15) is 12.1 Å². The molecule has 1 N–H and O–H groups in total. The molecule has 0 saturated heterocycles. The number of unbranched alkanes of at least 4 members (excludes halogenated alkanes) is 1.